The Balaban J connectivity index is 2.71. The first-order valence-electron chi connectivity index (χ1n) is 5.90. The summed E-state index contributed by atoms with van der Waals surface area (Å²) in [7, 11) is 2.00. The van der Waals surface area contributed by atoms with Crippen molar-refractivity contribution >= 4 is 15.7 Å². The second kappa shape index (κ2) is 6.72. The fraction of sp³-hybridized carbons (Fsp3) is 0.500. The molecule has 6 heteroatoms. The molecule has 18 heavy (non-hydrogen) atoms. The molecule has 1 aromatic rings. The van der Waals surface area contributed by atoms with Gasteiger partial charge in [0.25, 0.3) is 0 Å². The van der Waals surface area contributed by atoms with Gasteiger partial charge in [-0.05, 0) is 51.3 Å². The van der Waals surface area contributed by atoms with E-state index in [-0.39, 0.29) is 4.90 Å². The van der Waals surface area contributed by atoms with Gasteiger partial charge in [0.05, 0.1) is 4.90 Å². The zero-order valence-electron chi connectivity index (χ0n) is 11.1. The fourth-order valence-electron chi connectivity index (χ4n) is 1.62. The van der Waals surface area contributed by atoms with Crippen molar-refractivity contribution in [3.8, 4) is 0 Å². The third-order valence-electron chi connectivity index (χ3n) is 2.78. The molecule has 0 spiro atoms. The lowest BCUT2D eigenvalue weighted by Gasteiger charge is -2.19. The summed E-state index contributed by atoms with van der Waals surface area (Å²) in [6, 6.07) is 6.89. The molecule has 2 N–H and O–H groups in total. The van der Waals surface area contributed by atoms with Crippen molar-refractivity contribution in [2.45, 2.75) is 11.3 Å². The van der Waals surface area contributed by atoms with Crippen LogP contribution in [0.5, 0.6) is 0 Å². The summed E-state index contributed by atoms with van der Waals surface area (Å²) in [5.41, 5.74) is 1.01. The van der Waals surface area contributed by atoms with E-state index >= 15 is 0 Å². The molecular formula is C12H21N3O2S. The quantitative estimate of drug-likeness (QED) is 0.715. The molecule has 0 atom stereocenters. The Labute approximate surface area is 109 Å². The summed E-state index contributed by atoms with van der Waals surface area (Å²) in [4.78, 5) is 2.39. The Morgan fingerprint density at radius 3 is 2.28 bits per heavy atom. The van der Waals surface area contributed by atoms with Crippen LogP contribution in [0.15, 0.2) is 29.2 Å². The number of hydrogen-bond donors (Lipinski definition) is 2. The van der Waals surface area contributed by atoms with E-state index in [1.165, 1.54) is 7.05 Å². The van der Waals surface area contributed by atoms with Crippen LogP contribution in [0.3, 0.4) is 0 Å². The number of rotatable bonds is 7. The molecule has 0 fully saturated rings. The molecule has 0 aliphatic rings. The monoisotopic (exact) mass is 271 g/mol. The molecule has 0 amide bonds. The molecule has 0 radical (unpaired) electrons. The lowest BCUT2D eigenvalue weighted by Crippen LogP contribution is -2.22. The molecule has 0 bridgehead atoms. The van der Waals surface area contributed by atoms with Gasteiger partial charge in [-0.25, -0.2) is 13.1 Å². The number of sulfonamides is 1. The topological polar surface area (TPSA) is 61.4 Å². The highest BCUT2D eigenvalue weighted by molar-refractivity contribution is 7.89. The van der Waals surface area contributed by atoms with Crippen molar-refractivity contribution in [3.63, 3.8) is 0 Å². The number of anilines is 1. The second-order valence-corrected chi connectivity index (χ2v) is 5.97. The molecule has 5 nitrogen and oxygen atoms in total. The lowest BCUT2D eigenvalue weighted by molar-refractivity contribution is 0.588. The van der Waals surface area contributed by atoms with E-state index in [0.717, 1.165) is 25.2 Å². The fourth-order valence-corrected chi connectivity index (χ4v) is 2.35. The van der Waals surface area contributed by atoms with Gasteiger partial charge in [0.1, 0.15) is 0 Å². The molecule has 0 saturated carbocycles. The zero-order chi connectivity index (χ0) is 13.6. The van der Waals surface area contributed by atoms with Crippen LogP contribution in [0.25, 0.3) is 0 Å². The van der Waals surface area contributed by atoms with Gasteiger partial charge < -0.3 is 10.2 Å². The van der Waals surface area contributed by atoms with Crippen molar-refractivity contribution in [2.75, 3.05) is 39.1 Å². The standard InChI is InChI=1S/C12H21N3O2S/c1-13-9-4-10-15(3)11-5-7-12(8-6-11)18(16,17)14-2/h5-8,13-14H,4,9-10H2,1-3H3. The van der Waals surface area contributed by atoms with E-state index in [1.807, 2.05) is 26.2 Å². The summed E-state index contributed by atoms with van der Waals surface area (Å²) < 4.78 is 25.4. The van der Waals surface area contributed by atoms with Gasteiger partial charge in [0, 0.05) is 19.3 Å². The van der Waals surface area contributed by atoms with E-state index in [1.54, 1.807) is 12.1 Å². The van der Waals surface area contributed by atoms with Crippen molar-refractivity contribution in [1.82, 2.24) is 10.0 Å². The molecule has 1 aromatic carbocycles. The molecule has 0 aliphatic heterocycles. The minimum absolute atomic E-state index is 0.289. The zero-order valence-corrected chi connectivity index (χ0v) is 11.9. The number of hydrogen-bond acceptors (Lipinski definition) is 4. The van der Waals surface area contributed by atoms with Crippen molar-refractivity contribution in [3.05, 3.63) is 24.3 Å². The van der Waals surface area contributed by atoms with E-state index in [0.29, 0.717) is 0 Å². The summed E-state index contributed by atoms with van der Waals surface area (Å²) >= 11 is 0. The van der Waals surface area contributed by atoms with Crippen LogP contribution >= 0.6 is 0 Å². The smallest absolute Gasteiger partial charge is 0.240 e. The molecule has 102 valence electrons. The predicted molar refractivity (Wildman–Crippen MR) is 74.5 cm³/mol. The number of nitrogens with one attached hydrogen (secondary N) is 2. The van der Waals surface area contributed by atoms with Crippen LogP contribution in [0.4, 0.5) is 5.69 Å². The first-order chi connectivity index (χ1) is 8.51. The summed E-state index contributed by atoms with van der Waals surface area (Å²) in [6.07, 6.45) is 1.05. The van der Waals surface area contributed by atoms with Crippen molar-refractivity contribution in [1.29, 1.82) is 0 Å². The summed E-state index contributed by atoms with van der Waals surface area (Å²) in [5.74, 6) is 0. The highest BCUT2D eigenvalue weighted by Gasteiger charge is 2.11. The van der Waals surface area contributed by atoms with Gasteiger partial charge >= 0.3 is 0 Å². The SMILES string of the molecule is CNCCCN(C)c1ccc(S(=O)(=O)NC)cc1. The Bertz CT molecular complexity index is 457. The van der Waals surface area contributed by atoms with Crippen LogP contribution in [-0.4, -0.2) is 42.7 Å². The van der Waals surface area contributed by atoms with Gasteiger partial charge in [0.2, 0.25) is 10.0 Å². The molecule has 0 aromatic heterocycles. The van der Waals surface area contributed by atoms with Crippen LogP contribution in [0, 0.1) is 0 Å². The van der Waals surface area contributed by atoms with Gasteiger partial charge in [-0.1, -0.05) is 0 Å². The van der Waals surface area contributed by atoms with Gasteiger partial charge in [0.15, 0.2) is 0 Å². The van der Waals surface area contributed by atoms with Crippen molar-refractivity contribution < 1.29 is 8.42 Å². The van der Waals surface area contributed by atoms with Gasteiger partial charge in [-0.15, -0.1) is 0 Å². The minimum Gasteiger partial charge on any atom is -0.375 e. The minimum atomic E-state index is -3.34. The van der Waals surface area contributed by atoms with Crippen LogP contribution in [-0.2, 0) is 10.0 Å². The number of nitrogens with zero attached hydrogens (tertiary/aromatic N) is 1. The summed E-state index contributed by atoms with van der Waals surface area (Å²) in [5, 5.41) is 3.10. The van der Waals surface area contributed by atoms with Crippen LogP contribution in [0.1, 0.15) is 6.42 Å². The maximum Gasteiger partial charge on any atom is 0.240 e. The Morgan fingerprint density at radius 2 is 1.78 bits per heavy atom. The second-order valence-electron chi connectivity index (χ2n) is 4.08. The number of benzene rings is 1. The average molecular weight is 271 g/mol. The largest absolute Gasteiger partial charge is 0.375 e. The van der Waals surface area contributed by atoms with Crippen LogP contribution < -0.4 is 14.9 Å². The molecule has 0 unspecified atom stereocenters. The summed E-state index contributed by atoms with van der Waals surface area (Å²) in [6.45, 7) is 1.90. The highest BCUT2D eigenvalue weighted by atomic mass is 32.2. The molecule has 1 rings (SSSR count). The third-order valence-corrected chi connectivity index (χ3v) is 4.21. The predicted octanol–water partition coefficient (Wildman–Crippen LogP) is 0.640. The molecular weight excluding hydrogens is 250 g/mol. The first-order valence-corrected chi connectivity index (χ1v) is 7.39. The van der Waals surface area contributed by atoms with E-state index in [4.69, 9.17) is 0 Å². The Kier molecular flexibility index (Phi) is 5.58. The van der Waals surface area contributed by atoms with E-state index in [9.17, 15) is 8.42 Å². The third kappa shape index (κ3) is 3.97. The lowest BCUT2D eigenvalue weighted by atomic mass is 10.3. The normalized spacial score (nSPS) is 11.5. The van der Waals surface area contributed by atoms with E-state index in [2.05, 4.69) is 14.9 Å². The van der Waals surface area contributed by atoms with Crippen LogP contribution in [0.2, 0.25) is 0 Å². The first kappa shape index (κ1) is 14.9. The Hall–Kier alpha value is -1.11. The maximum absolute atomic E-state index is 11.6. The van der Waals surface area contributed by atoms with Gasteiger partial charge in [-0.2, -0.15) is 0 Å². The molecule has 0 aliphatic carbocycles. The molecule has 0 heterocycles. The van der Waals surface area contributed by atoms with Gasteiger partial charge in [-0.3, -0.25) is 0 Å². The molecule has 0 saturated heterocycles. The van der Waals surface area contributed by atoms with Crippen molar-refractivity contribution in [2.24, 2.45) is 0 Å². The maximum atomic E-state index is 11.6. The highest BCUT2D eigenvalue weighted by Crippen LogP contribution is 2.16. The average Bonchev–Trinajstić information content (AvgIpc) is 2.39. The Morgan fingerprint density at radius 1 is 1.17 bits per heavy atom. The van der Waals surface area contributed by atoms with E-state index < -0.39 is 10.0 Å².